The fraction of sp³-hybridized carbons (Fsp3) is 0.469. The summed E-state index contributed by atoms with van der Waals surface area (Å²) in [5, 5.41) is 6.18. The van der Waals surface area contributed by atoms with Crippen LogP contribution in [0.4, 0.5) is 10.1 Å². The van der Waals surface area contributed by atoms with Crippen molar-refractivity contribution >= 4 is 23.4 Å². The second-order valence-corrected chi connectivity index (χ2v) is 12.0. The second kappa shape index (κ2) is 10.1. The summed E-state index contributed by atoms with van der Waals surface area (Å²) in [6, 6.07) is 12.7. The van der Waals surface area contributed by atoms with Crippen LogP contribution in [0.1, 0.15) is 44.2 Å². The maximum atomic E-state index is 14.8. The molecular formula is C32H36FN3O4. The molecule has 1 aliphatic carbocycles. The highest BCUT2D eigenvalue weighted by molar-refractivity contribution is 6.02. The molecule has 8 atom stereocenters. The molecule has 6 rings (SSSR count). The molecular weight excluding hydrogens is 509 g/mol. The Kier molecular flexibility index (Phi) is 6.77. The zero-order valence-corrected chi connectivity index (χ0v) is 23.1. The Bertz CT molecular complexity index is 1380. The highest BCUT2D eigenvalue weighted by atomic mass is 19.1. The summed E-state index contributed by atoms with van der Waals surface area (Å²) in [4.78, 5) is 43.3. The molecule has 1 spiro atoms. The van der Waals surface area contributed by atoms with Crippen molar-refractivity contribution < 1.29 is 23.5 Å². The van der Waals surface area contributed by atoms with E-state index in [2.05, 4.69) is 24.5 Å². The van der Waals surface area contributed by atoms with E-state index >= 15 is 0 Å². The third-order valence-corrected chi connectivity index (χ3v) is 9.54. The number of benzene rings is 2. The number of aryl methyl sites for hydroxylation is 1. The molecule has 2 saturated heterocycles. The second-order valence-electron chi connectivity index (χ2n) is 12.0. The van der Waals surface area contributed by atoms with Gasteiger partial charge in [-0.2, -0.15) is 0 Å². The third-order valence-electron chi connectivity index (χ3n) is 9.54. The number of hydrogen-bond acceptors (Lipinski definition) is 4. The summed E-state index contributed by atoms with van der Waals surface area (Å²) in [7, 11) is 0. The molecule has 3 heterocycles. The van der Waals surface area contributed by atoms with Gasteiger partial charge in [-0.1, -0.05) is 69.2 Å². The summed E-state index contributed by atoms with van der Waals surface area (Å²) >= 11 is 0. The summed E-state index contributed by atoms with van der Waals surface area (Å²) in [5.74, 6) is -2.42. The van der Waals surface area contributed by atoms with Gasteiger partial charge in [-0.25, -0.2) is 4.39 Å². The van der Waals surface area contributed by atoms with Crippen molar-refractivity contribution in [3.63, 3.8) is 0 Å². The minimum Gasteiger partial charge on any atom is -0.359 e. The smallest absolute Gasteiger partial charge is 0.246 e. The van der Waals surface area contributed by atoms with E-state index in [0.717, 1.165) is 24.8 Å². The first kappa shape index (κ1) is 26.7. The molecule has 2 N–H and O–H groups in total. The third kappa shape index (κ3) is 4.33. The van der Waals surface area contributed by atoms with Crippen LogP contribution >= 0.6 is 0 Å². The molecule has 3 amide bonds. The van der Waals surface area contributed by atoms with Crippen molar-refractivity contribution in [3.05, 3.63) is 77.6 Å². The number of amides is 3. The Labute approximate surface area is 234 Å². The predicted octanol–water partition coefficient (Wildman–Crippen LogP) is 4.36. The number of likely N-dealkylation sites (tertiary alicyclic amines) is 1. The lowest BCUT2D eigenvalue weighted by atomic mass is 9.73. The van der Waals surface area contributed by atoms with Gasteiger partial charge in [0, 0.05) is 23.8 Å². The fourth-order valence-electron chi connectivity index (χ4n) is 7.24. The van der Waals surface area contributed by atoms with Gasteiger partial charge in [0.15, 0.2) is 0 Å². The normalized spacial score (nSPS) is 34.1. The van der Waals surface area contributed by atoms with Crippen LogP contribution in [-0.2, 0) is 25.7 Å². The largest absolute Gasteiger partial charge is 0.359 e. The van der Waals surface area contributed by atoms with Crippen LogP contribution < -0.4 is 10.6 Å². The number of carbonyl (C=O) groups excluding carboxylic acids is 3. The van der Waals surface area contributed by atoms with E-state index in [4.69, 9.17) is 4.74 Å². The molecule has 3 fully saturated rings. The number of halogens is 1. The van der Waals surface area contributed by atoms with Crippen molar-refractivity contribution in [2.24, 2.45) is 23.7 Å². The van der Waals surface area contributed by atoms with Crippen LogP contribution in [0.2, 0.25) is 0 Å². The number of anilines is 1. The lowest BCUT2D eigenvalue weighted by Crippen LogP contribution is -2.57. The van der Waals surface area contributed by atoms with Gasteiger partial charge in [0.1, 0.15) is 17.5 Å². The van der Waals surface area contributed by atoms with Gasteiger partial charge >= 0.3 is 0 Å². The quantitative estimate of drug-likeness (QED) is 0.528. The van der Waals surface area contributed by atoms with E-state index in [0.29, 0.717) is 17.2 Å². The molecule has 8 heteroatoms. The molecule has 7 nitrogen and oxygen atoms in total. The number of ether oxygens (including phenoxy) is 1. The SMILES string of the molecule is Cc1cccc(NC(=O)C2[C@H]3C=CC4(O3)C(C(=O)NC3CCCC(C)C3C)N(Cc3ccccc3F)C(=O)[C@@H]24)c1. The molecule has 2 aromatic rings. The molecule has 4 aliphatic rings. The van der Waals surface area contributed by atoms with Crippen molar-refractivity contribution in [1.29, 1.82) is 0 Å². The Balaban J connectivity index is 1.34. The van der Waals surface area contributed by atoms with E-state index < -0.39 is 35.4 Å². The first-order valence-electron chi connectivity index (χ1n) is 14.3. The van der Waals surface area contributed by atoms with Crippen molar-refractivity contribution in [1.82, 2.24) is 10.2 Å². The Morgan fingerprint density at radius 3 is 2.67 bits per heavy atom. The van der Waals surface area contributed by atoms with Gasteiger partial charge < -0.3 is 20.3 Å². The van der Waals surface area contributed by atoms with Crippen LogP contribution in [0.3, 0.4) is 0 Å². The summed E-state index contributed by atoms with van der Waals surface area (Å²) < 4.78 is 21.2. The van der Waals surface area contributed by atoms with Gasteiger partial charge in [0.2, 0.25) is 17.7 Å². The van der Waals surface area contributed by atoms with Crippen LogP contribution in [0, 0.1) is 36.4 Å². The minimum atomic E-state index is -1.30. The molecule has 210 valence electrons. The van der Waals surface area contributed by atoms with E-state index in [1.165, 1.54) is 11.0 Å². The Hall–Kier alpha value is -3.52. The van der Waals surface area contributed by atoms with Crippen molar-refractivity contribution in [2.45, 2.75) is 70.4 Å². The van der Waals surface area contributed by atoms with Crippen LogP contribution in [0.15, 0.2) is 60.7 Å². The maximum absolute atomic E-state index is 14.8. The first-order chi connectivity index (χ1) is 19.2. The number of rotatable bonds is 6. The van der Waals surface area contributed by atoms with E-state index in [9.17, 15) is 18.8 Å². The lowest BCUT2D eigenvalue weighted by Gasteiger charge is -2.38. The van der Waals surface area contributed by atoms with Crippen LogP contribution in [0.25, 0.3) is 0 Å². The number of nitrogens with zero attached hydrogens (tertiary/aromatic N) is 1. The molecule has 40 heavy (non-hydrogen) atoms. The van der Waals surface area contributed by atoms with E-state index in [1.54, 1.807) is 36.4 Å². The Morgan fingerprint density at radius 1 is 1.10 bits per heavy atom. The average molecular weight is 546 g/mol. The highest BCUT2D eigenvalue weighted by Gasteiger charge is 2.72. The number of fused-ring (bicyclic) bond motifs is 1. The van der Waals surface area contributed by atoms with Crippen LogP contribution in [0.5, 0.6) is 0 Å². The molecule has 0 radical (unpaired) electrons. The average Bonchev–Trinajstić information content (AvgIpc) is 3.55. The van der Waals surface area contributed by atoms with Crippen molar-refractivity contribution in [3.8, 4) is 0 Å². The first-order valence-corrected chi connectivity index (χ1v) is 14.3. The van der Waals surface area contributed by atoms with Gasteiger partial charge in [-0.05, 0) is 48.9 Å². The molecule has 0 aromatic heterocycles. The topological polar surface area (TPSA) is 87.7 Å². The van der Waals surface area contributed by atoms with Crippen molar-refractivity contribution in [2.75, 3.05) is 5.32 Å². The maximum Gasteiger partial charge on any atom is 0.246 e. The molecule has 3 aliphatic heterocycles. The highest BCUT2D eigenvalue weighted by Crippen LogP contribution is 2.55. The number of hydrogen-bond donors (Lipinski definition) is 2. The number of nitrogens with one attached hydrogen (secondary N) is 2. The van der Waals surface area contributed by atoms with Gasteiger partial charge in [0.25, 0.3) is 0 Å². The summed E-state index contributed by atoms with van der Waals surface area (Å²) in [6.07, 6.45) is 5.96. The fourth-order valence-corrected chi connectivity index (χ4v) is 7.24. The summed E-state index contributed by atoms with van der Waals surface area (Å²) in [6.45, 7) is 6.19. The molecule has 2 bridgehead atoms. The van der Waals surface area contributed by atoms with Gasteiger partial charge in [0.05, 0.1) is 17.9 Å². The van der Waals surface area contributed by atoms with E-state index in [-0.39, 0.29) is 36.2 Å². The predicted molar refractivity (Wildman–Crippen MR) is 148 cm³/mol. The standard InChI is InChI=1S/C32H36FN3O4/c1-18-8-6-11-22(16-18)34-29(37)26-25-14-15-32(40-25)27(26)31(39)36(17-21-10-4-5-12-23(21)33)28(32)30(38)35-24-13-7-9-19(2)20(24)3/h4-6,8,10-12,14-16,19-20,24-28H,7,9,13,17H2,1-3H3,(H,34,37)(H,35,38)/t19?,20?,24?,25-,26?,27-,28?,32?/m1/s1. The minimum absolute atomic E-state index is 0.0277. The molecule has 6 unspecified atom stereocenters. The Morgan fingerprint density at radius 2 is 1.90 bits per heavy atom. The number of carbonyl (C=O) groups is 3. The van der Waals surface area contributed by atoms with Crippen LogP contribution in [-0.4, -0.2) is 46.4 Å². The zero-order valence-electron chi connectivity index (χ0n) is 23.1. The molecule has 1 saturated carbocycles. The van der Waals surface area contributed by atoms with E-state index in [1.807, 2.05) is 25.1 Å². The van der Waals surface area contributed by atoms with Gasteiger partial charge in [-0.15, -0.1) is 0 Å². The zero-order chi connectivity index (χ0) is 28.2. The van der Waals surface area contributed by atoms with Gasteiger partial charge in [-0.3, -0.25) is 14.4 Å². The monoisotopic (exact) mass is 545 g/mol. The summed E-state index contributed by atoms with van der Waals surface area (Å²) in [5.41, 5.74) is 0.641. The lowest BCUT2D eigenvalue weighted by molar-refractivity contribution is -0.142. The molecule has 2 aromatic carbocycles.